The molecule has 0 aliphatic heterocycles. The summed E-state index contributed by atoms with van der Waals surface area (Å²) in [5.74, 6) is 0.443. The summed E-state index contributed by atoms with van der Waals surface area (Å²) in [5.41, 5.74) is 4.59. The molecule has 0 amide bonds. The van der Waals surface area contributed by atoms with Gasteiger partial charge in [0.25, 0.3) is 0 Å². The second kappa shape index (κ2) is 6.00. The van der Waals surface area contributed by atoms with Gasteiger partial charge in [-0.2, -0.15) is 0 Å². The first-order valence-corrected chi connectivity index (χ1v) is 7.28. The summed E-state index contributed by atoms with van der Waals surface area (Å²) >= 11 is 0. The lowest BCUT2D eigenvalue weighted by atomic mass is 9.94. The van der Waals surface area contributed by atoms with Crippen molar-refractivity contribution in [3.05, 3.63) is 47.0 Å². The number of aryl methyl sites for hydroxylation is 2. The maximum Gasteiger partial charge on any atom is 0.130 e. The fourth-order valence-electron chi connectivity index (χ4n) is 2.56. The van der Waals surface area contributed by atoms with Gasteiger partial charge < -0.3 is 10.2 Å². The highest BCUT2D eigenvalue weighted by Crippen LogP contribution is 2.40. The van der Waals surface area contributed by atoms with Crippen molar-refractivity contribution in [1.82, 2.24) is 0 Å². The molecule has 20 heavy (non-hydrogen) atoms. The maximum absolute atomic E-state index is 10.4. The summed E-state index contributed by atoms with van der Waals surface area (Å²) < 4.78 is 0. The molecule has 0 saturated carbocycles. The van der Waals surface area contributed by atoms with Crippen LogP contribution in [0.4, 0.5) is 0 Å². The zero-order valence-electron chi connectivity index (χ0n) is 12.4. The smallest absolute Gasteiger partial charge is 0.130 e. The molecule has 0 aliphatic carbocycles. The minimum Gasteiger partial charge on any atom is -0.507 e. The molecular weight excluding hydrogens is 248 g/mol. The molecular formula is C18H22O2. The first kappa shape index (κ1) is 14.4. The average molecular weight is 270 g/mol. The molecule has 0 radical (unpaired) electrons. The van der Waals surface area contributed by atoms with E-state index in [0.717, 1.165) is 29.5 Å². The van der Waals surface area contributed by atoms with Gasteiger partial charge in [-0.05, 0) is 42.0 Å². The molecule has 2 nitrogen and oxygen atoms in total. The summed E-state index contributed by atoms with van der Waals surface area (Å²) in [5, 5.41) is 20.6. The highest BCUT2D eigenvalue weighted by molar-refractivity contribution is 5.75. The first-order chi connectivity index (χ1) is 9.62. The van der Waals surface area contributed by atoms with E-state index < -0.39 is 0 Å². The van der Waals surface area contributed by atoms with Crippen LogP contribution in [0.15, 0.2) is 30.3 Å². The van der Waals surface area contributed by atoms with E-state index in [9.17, 15) is 10.2 Å². The monoisotopic (exact) mass is 270 g/mol. The minimum absolute atomic E-state index is 0.204. The third-order valence-electron chi connectivity index (χ3n) is 3.83. The highest BCUT2D eigenvalue weighted by Gasteiger charge is 2.16. The zero-order chi connectivity index (χ0) is 14.7. The van der Waals surface area contributed by atoms with Gasteiger partial charge in [-0.15, -0.1) is 0 Å². The molecule has 2 aromatic rings. The van der Waals surface area contributed by atoms with Gasteiger partial charge in [0.15, 0.2) is 0 Å². The third kappa shape index (κ3) is 2.51. The Morgan fingerprint density at radius 3 is 2.20 bits per heavy atom. The number of phenols is 2. The zero-order valence-corrected chi connectivity index (χ0v) is 12.4. The summed E-state index contributed by atoms with van der Waals surface area (Å²) in [6, 6.07) is 10.1. The molecule has 0 bridgehead atoms. The molecule has 0 saturated heterocycles. The fourth-order valence-corrected chi connectivity index (χ4v) is 2.56. The van der Waals surface area contributed by atoms with Crippen molar-refractivity contribution in [1.29, 1.82) is 0 Å². The fraction of sp³-hybridized carbons (Fsp3) is 0.333. The van der Waals surface area contributed by atoms with Crippen molar-refractivity contribution in [2.75, 3.05) is 0 Å². The highest BCUT2D eigenvalue weighted by atomic mass is 16.3. The lowest BCUT2D eigenvalue weighted by molar-refractivity contribution is 0.436. The number of hydrogen-bond acceptors (Lipinski definition) is 2. The Morgan fingerprint density at radius 2 is 1.60 bits per heavy atom. The quantitative estimate of drug-likeness (QED) is 0.861. The molecule has 106 valence electrons. The van der Waals surface area contributed by atoms with Gasteiger partial charge in [-0.25, -0.2) is 0 Å². The Balaban J connectivity index is 2.66. The molecule has 0 aromatic heterocycles. The van der Waals surface area contributed by atoms with Crippen molar-refractivity contribution < 1.29 is 10.2 Å². The van der Waals surface area contributed by atoms with Crippen molar-refractivity contribution in [2.24, 2.45) is 0 Å². The van der Waals surface area contributed by atoms with Gasteiger partial charge in [0.1, 0.15) is 11.5 Å². The van der Waals surface area contributed by atoms with Crippen LogP contribution >= 0.6 is 0 Å². The number of hydrogen-bond donors (Lipinski definition) is 2. The molecule has 0 aliphatic rings. The van der Waals surface area contributed by atoms with E-state index in [4.69, 9.17) is 0 Å². The lowest BCUT2D eigenvalue weighted by Crippen LogP contribution is -1.93. The van der Waals surface area contributed by atoms with Crippen LogP contribution in [-0.2, 0) is 19.3 Å². The van der Waals surface area contributed by atoms with Crippen LogP contribution in [0.5, 0.6) is 11.5 Å². The van der Waals surface area contributed by atoms with E-state index in [-0.39, 0.29) is 11.5 Å². The summed E-state index contributed by atoms with van der Waals surface area (Å²) in [6.07, 6.45) is 2.33. The van der Waals surface area contributed by atoms with Crippen molar-refractivity contribution >= 4 is 0 Å². The average Bonchev–Trinajstić information content (AvgIpc) is 2.48. The van der Waals surface area contributed by atoms with Crippen molar-refractivity contribution in [2.45, 2.75) is 40.0 Å². The number of phenolic OH excluding ortho intramolecular Hbond substituents is 2. The van der Waals surface area contributed by atoms with Gasteiger partial charge in [0, 0.05) is 11.1 Å². The predicted octanol–water partition coefficient (Wildman–Crippen LogP) is 4.45. The molecule has 0 heterocycles. The maximum atomic E-state index is 10.4. The summed E-state index contributed by atoms with van der Waals surface area (Å²) in [4.78, 5) is 0. The van der Waals surface area contributed by atoms with Crippen molar-refractivity contribution in [3.8, 4) is 22.6 Å². The topological polar surface area (TPSA) is 40.5 Å². The lowest BCUT2D eigenvalue weighted by Gasteiger charge is -2.15. The van der Waals surface area contributed by atoms with Crippen LogP contribution in [0.1, 0.15) is 37.5 Å². The second-order valence-electron chi connectivity index (χ2n) is 5.02. The SMILES string of the molecule is CCc1cccc(-c2cc(CC)c(O)c(CC)c2O)c1. The van der Waals surface area contributed by atoms with Crippen LogP contribution in [0, 0.1) is 0 Å². The number of rotatable bonds is 4. The molecule has 0 spiro atoms. The Bertz CT molecular complexity index is 615. The Kier molecular flexibility index (Phi) is 4.33. The first-order valence-electron chi connectivity index (χ1n) is 7.28. The minimum atomic E-state index is 0.204. The Labute approximate surface area is 120 Å². The third-order valence-corrected chi connectivity index (χ3v) is 3.83. The van der Waals surface area contributed by atoms with Crippen LogP contribution in [0.2, 0.25) is 0 Å². The summed E-state index contributed by atoms with van der Waals surface area (Å²) in [7, 11) is 0. The van der Waals surface area contributed by atoms with Crippen LogP contribution in [0.25, 0.3) is 11.1 Å². The van der Waals surface area contributed by atoms with Gasteiger partial charge in [-0.1, -0.05) is 45.0 Å². The van der Waals surface area contributed by atoms with E-state index in [1.54, 1.807) is 0 Å². The molecule has 2 N–H and O–H groups in total. The van der Waals surface area contributed by atoms with Gasteiger partial charge >= 0.3 is 0 Å². The van der Waals surface area contributed by atoms with E-state index >= 15 is 0 Å². The molecule has 0 atom stereocenters. The summed E-state index contributed by atoms with van der Waals surface area (Å²) in [6.45, 7) is 6.07. The van der Waals surface area contributed by atoms with Crippen LogP contribution in [0.3, 0.4) is 0 Å². The van der Waals surface area contributed by atoms with Gasteiger partial charge in [0.05, 0.1) is 0 Å². The van der Waals surface area contributed by atoms with Gasteiger partial charge in [-0.3, -0.25) is 0 Å². The normalized spacial score (nSPS) is 10.8. The molecule has 2 rings (SSSR count). The molecule has 0 unspecified atom stereocenters. The molecule has 0 fully saturated rings. The predicted molar refractivity (Wildman–Crippen MR) is 83.3 cm³/mol. The van der Waals surface area contributed by atoms with E-state index in [2.05, 4.69) is 19.1 Å². The standard InChI is InChI=1S/C18H22O2/c1-4-12-8-7-9-14(10-12)16-11-13(5-2)17(19)15(6-3)18(16)20/h7-11,19-20H,4-6H2,1-3H3. The second-order valence-corrected chi connectivity index (χ2v) is 5.02. The number of aromatic hydroxyl groups is 2. The number of benzene rings is 2. The van der Waals surface area contributed by atoms with Crippen LogP contribution in [-0.4, -0.2) is 10.2 Å². The van der Waals surface area contributed by atoms with E-state index in [0.29, 0.717) is 12.0 Å². The Hall–Kier alpha value is -1.96. The molecule has 2 heteroatoms. The molecule has 2 aromatic carbocycles. The van der Waals surface area contributed by atoms with Gasteiger partial charge in [0.2, 0.25) is 0 Å². The van der Waals surface area contributed by atoms with E-state index in [1.807, 2.05) is 32.0 Å². The van der Waals surface area contributed by atoms with Crippen LogP contribution < -0.4 is 0 Å². The Morgan fingerprint density at radius 1 is 0.850 bits per heavy atom. The largest absolute Gasteiger partial charge is 0.507 e. The van der Waals surface area contributed by atoms with E-state index in [1.165, 1.54) is 5.56 Å². The van der Waals surface area contributed by atoms with Crippen molar-refractivity contribution in [3.63, 3.8) is 0 Å².